The van der Waals surface area contributed by atoms with Gasteiger partial charge in [0.25, 0.3) is 5.91 Å². The van der Waals surface area contributed by atoms with Crippen molar-refractivity contribution in [2.45, 2.75) is 13.5 Å². The lowest BCUT2D eigenvalue weighted by atomic mass is 10.1. The van der Waals surface area contributed by atoms with Gasteiger partial charge in [-0.05, 0) is 48.4 Å². The van der Waals surface area contributed by atoms with Crippen LogP contribution in [0.25, 0.3) is 0 Å². The minimum Gasteiger partial charge on any atom is -0.493 e. The molecular formula is C22H27N3O4. The monoisotopic (exact) mass is 397 g/mol. The predicted octanol–water partition coefficient (Wildman–Crippen LogP) is 2.69. The quantitative estimate of drug-likeness (QED) is 0.548. The Morgan fingerprint density at radius 1 is 1.17 bits per heavy atom. The van der Waals surface area contributed by atoms with Crippen LogP contribution < -0.4 is 14.9 Å². The molecule has 0 radical (unpaired) electrons. The smallest absolute Gasteiger partial charge is 0.271 e. The molecule has 1 fully saturated rings. The van der Waals surface area contributed by atoms with E-state index < -0.39 is 0 Å². The Bertz CT molecular complexity index is 830. The van der Waals surface area contributed by atoms with E-state index in [0.29, 0.717) is 23.7 Å². The second-order valence-electron chi connectivity index (χ2n) is 6.63. The summed E-state index contributed by atoms with van der Waals surface area (Å²) in [5, 5.41) is 4.05. The molecule has 29 heavy (non-hydrogen) atoms. The van der Waals surface area contributed by atoms with Crippen molar-refractivity contribution in [1.82, 2.24) is 10.3 Å². The van der Waals surface area contributed by atoms with Crippen molar-refractivity contribution in [3.05, 3.63) is 59.2 Å². The molecule has 0 saturated carbocycles. The summed E-state index contributed by atoms with van der Waals surface area (Å²) in [5.74, 6) is 1.05. The van der Waals surface area contributed by atoms with Crippen LogP contribution in [0.4, 0.5) is 0 Å². The van der Waals surface area contributed by atoms with Crippen molar-refractivity contribution < 1.29 is 19.0 Å². The molecule has 1 heterocycles. The van der Waals surface area contributed by atoms with Gasteiger partial charge in [0.2, 0.25) is 0 Å². The minimum atomic E-state index is -0.252. The van der Waals surface area contributed by atoms with Gasteiger partial charge >= 0.3 is 0 Å². The SMILES string of the molecule is CCOc1cc(/C=N\NC(=O)c2ccc(CN3CCOCC3)cc2)ccc1OC. The van der Waals surface area contributed by atoms with Gasteiger partial charge in [0.05, 0.1) is 33.1 Å². The van der Waals surface area contributed by atoms with Gasteiger partial charge in [-0.2, -0.15) is 5.10 Å². The van der Waals surface area contributed by atoms with E-state index in [1.54, 1.807) is 19.4 Å². The molecule has 0 bridgehead atoms. The Labute approximate surface area is 171 Å². The molecular weight excluding hydrogens is 370 g/mol. The number of morpholine rings is 1. The number of ether oxygens (including phenoxy) is 3. The Morgan fingerprint density at radius 2 is 1.93 bits per heavy atom. The molecule has 154 valence electrons. The molecule has 7 heteroatoms. The summed E-state index contributed by atoms with van der Waals surface area (Å²) in [5.41, 5.74) is 5.10. The molecule has 1 aliphatic rings. The highest BCUT2D eigenvalue weighted by atomic mass is 16.5. The summed E-state index contributed by atoms with van der Waals surface area (Å²) in [4.78, 5) is 14.7. The molecule has 0 unspecified atom stereocenters. The number of nitrogens with zero attached hydrogens (tertiary/aromatic N) is 2. The van der Waals surface area contributed by atoms with Gasteiger partial charge in [-0.1, -0.05) is 12.1 Å². The van der Waals surface area contributed by atoms with Gasteiger partial charge in [0.15, 0.2) is 11.5 Å². The number of rotatable bonds is 8. The van der Waals surface area contributed by atoms with Crippen molar-refractivity contribution >= 4 is 12.1 Å². The third-order valence-electron chi connectivity index (χ3n) is 4.59. The normalized spacial score (nSPS) is 14.7. The maximum atomic E-state index is 12.3. The first-order valence-electron chi connectivity index (χ1n) is 9.73. The average molecular weight is 397 g/mol. The molecule has 0 aromatic heterocycles. The highest BCUT2D eigenvalue weighted by molar-refractivity contribution is 5.94. The molecule has 0 spiro atoms. The number of hydrazone groups is 1. The fourth-order valence-electron chi connectivity index (χ4n) is 3.05. The maximum Gasteiger partial charge on any atom is 0.271 e. The molecule has 3 rings (SSSR count). The van der Waals surface area contributed by atoms with Crippen LogP contribution in [0.15, 0.2) is 47.6 Å². The van der Waals surface area contributed by atoms with Crippen LogP contribution in [0.2, 0.25) is 0 Å². The average Bonchev–Trinajstić information content (AvgIpc) is 2.75. The topological polar surface area (TPSA) is 72.4 Å². The lowest BCUT2D eigenvalue weighted by Gasteiger charge is -2.26. The van der Waals surface area contributed by atoms with E-state index in [9.17, 15) is 4.79 Å². The summed E-state index contributed by atoms with van der Waals surface area (Å²) in [6, 6.07) is 13.1. The highest BCUT2D eigenvalue weighted by Gasteiger charge is 2.11. The first-order chi connectivity index (χ1) is 14.2. The Hall–Kier alpha value is -2.90. The minimum absolute atomic E-state index is 0.252. The second kappa shape index (κ2) is 10.6. The van der Waals surface area contributed by atoms with E-state index in [0.717, 1.165) is 38.4 Å². The molecule has 0 aliphatic carbocycles. The van der Waals surface area contributed by atoms with Crippen molar-refractivity contribution in [3.8, 4) is 11.5 Å². The van der Waals surface area contributed by atoms with Gasteiger partial charge in [-0.25, -0.2) is 5.43 Å². The number of amides is 1. The summed E-state index contributed by atoms with van der Waals surface area (Å²) < 4.78 is 16.2. The third-order valence-corrected chi connectivity index (χ3v) is 4.59. The van der Waals surface area contributed by atoms with Crippen molar-refractivity contribution in [2.24, 2.45) is 5.10 Å². The van der Waals surface area contributed by atoms with Crippen LogP contribution in [0.1, 0.15) is 28.4 Å². The zero-order valence-electron chi connectivity index (χ0n) is 16.9. The van der Waals surface area contributed by atoms with Crippen molar-refractivity contribution in [1.29, 1.82) is 0 Å². The van der Waals surface area contributed by atoms with Crippen LogP contribution in [0.3, 0.4) is 0 Å². The van der Waals surface area contributed by atoms with Gasteiger partial charge < -0.3 is 14.2 Å². The predicted molar refractivity (Wildman–Crippen MR) is 112 cm³/mol. The molecule has 2 aromatic carbocycles. The Balaban J connectivity index is 1.55. The number of hydrogen-bond acceptors (Lipinski definition) is 6. The standard InChI is InChI=1S/C22H27N3O4/c1-3-29-21-14-18(6-9-20(21)27-2)15-23-24-22(26)19-7-4-17(5-8-19)16-25-10-12-28-13-11-25/h4-9,14-15H,3,10-13,16H2,1-2H3,(H,24,26)/b23-15-. The Morgan fingerprint density at radius 3 is 2.62 bits per heavy atom. The fraction of sp³-hybridized carbons (Fsp3) is 0.364. The first-order valence-corrected chi connectivity index (χ1v) is 9.73. The van der Waals surface area contributed by atoms with E-state index in [1.165, 1.54) is 5.56 Å². The highest BCUT2D eigenvalue weighted by Crippen LogP contribution is 2.27. The number of methoxy groups -OCH3 is 1. The van der Waals surface area contributed by atoms with Crippen LogP contribution in [-0.4, -0.2) is 57.0 Å². The van der Waals surface area contributed by atoms with Crippen LogP contribution in [0, 0.1) is 0 Å². The lowest BCUT2D eigenvalue weighted by Crippen LogP contribution is -2.35. The van der Waals surface area contributed by atoms with E-state index in [1.807, 2.05) is 43.3 Å². The van der Waals surface area contributed by atoms with Crippen molar-refractivity contribution in [3.63, 3.8) is 0 Å². The zero-order chi connectivity index (χ0) is 20.5. The number of nitrogens with one attached hydrogen (secondary N) is 1. The molecule has 1 saturated heterocycles. The van der Waals surface area contributed by atoms with Crippen LogP contribution in [-0.2, 0) is 11.3 Å². The Kier molecular flexibility index (Phi) is 7.61. The van der Waals surface area contributed by atoms with Gasteiger partial charge in [-0.15, -0.1) is 0 Å². The van der Waals surface area contributed by atoms with E-state index >= 15 is 0 Å². The molecule has 1 N–H and O–H groups in total. The second-order valence-corrected chi connectivity index (χ2v) is 6.63. The number of hydrogen-bond donors (Lipinski definition) is 1. The van der Waals surface area contributed by atoms with Gasteiger partial charge in [-0.3, -0.25) is 9.69 Å². The van der Waals surface area contributed by atoms with Gasteiger partial charge in [0, 0.05) is 25.2 Å². The number of benzene rings is 2. The lowest BCUT2D eigenvalue weighted by molar-refractivity contribution is 0.0342. The zero-order valence-corrected chi connectivity index (χ0v) is 16.9. The molecule has 0 atom stereocenters. The summed E-state index contributed by atoms with van der Waals surface area (Å²) in [6.45, 7) is 6.74. The summed E-state index contributed by atoms with van der Waals surface area (Å²) in [6.07, 6.45) is 1.58. The first kappa shape index (κ1) is 20.8. The van der Waals surface area contributed by atoms with E-state index in [4.69, 9.17) is 14.2 Å². The summed E-state index contributed by atoms with van der Waals surface area (Å²) >= 11 is 0. The van der Waals surface area contributed by atoms with E-state index in [-0.39, 0.29) is 5.91 Å². The molecule has 1 amide bonds. The van der Waals surface area contributed by atoms with E-state index in [2.05, 4.69) is 15.4 Å². The molecule has 2 aromatic rings. The van der Waals surface area contributed by atoms with Gasteiger partial charge in [0.1, 0.15) is 0 Å². The molecule has 1 aliphatic heterocycles. The van der Waals surface area contributed by atoms with Crippen LogP contribution >= 0.6 is 0 Å². The van der Waals surface area contributed by atoms with Crippen molar-refractivity contribution in [2.75, 3.05) is 40.0 Å². The number of carbonyl (C=O) groups is 1. The maximum absolute atomic E-state index is 12.3. The third kappa shape index (κ3) is 6.04. The summed E-state index contributed by atoms with van der Waals surface area (Å²) in [7, 11) is 1.60. The fourth-order valence-corrected chi connectivity index (χ4v) is 3.05. The number of carbonyl (C=O) groups excluding carboxylic acids is 1. The van der Waals surface area contributed by atoms with Crippen LogP contribution in [0.5, 0.6) is 11.5 Å². The molecule has 7 nitrogen and oxygen atoms in total. The largest absolute Gasteiger partial charge is 0.493 e.